The molecule has 0 aromatic rings. The van der Waals surface area contributed by atoms with Gasteiger partial charge in [-0.05, 0) is 0 Å². The molecule has 0 bridgehead atoms. The predicted octanol–water partition coefficient (Wildman–Crippen LogP) is -2.81. The van der Waals surface area contributed by atoms with E-state index in [0.717, 1.165) is 6.42 Å². The van der Waals surface area contributed by atoms with Gasteiger partial charge in [0, 0.05) is 44.1 Å². The van der Waals surface area contributed by atoms with Crippen molar-refractivity contribution in [1.82, 2.24) is 0 Å². The van der Waals surface area contributed by atoms with Crippen molar-refractivity contribution in [2.24, 2.45) is 17.8 Å². The number of hydrogen-bond donors (Lipinski definition) is 1. The van der Waals surface area contributed by atoms with Crippen molar-refractivity contribution in [3.05, 3.63) is 12.2 Å². The Morgan fingerprint density at radius 3 is 2.95 bits per heavy atom. The fourth-order valence-electron chi connectivity index (χ4n) is 5.48. The summed E-state index contributed by atoms with van der Waals surface area (Å²) < 4.78 is 11.0. The quantitative estimate of drug-likeness (QED) is 0.407. The molecule has 4 nitrogen and oxygen atoms in total. The molecule has 1 N–H and O–H groups in total. The molecule has 3 unspecified atom stereocenters. The van der Waals surface area contributed by atoms with Gasteiger partial charge in [0.1, 0.15) is 5.54 Å². The topological polar surface area (TPSA) is 40.0 Å². The molecule has 0 aromatic heterocycles. The molecule has 3 saturated heterocycles. The molecule has 4 aliphatic rings. The first-order valence-electron chi connectivity index (χ1n) is 7.96. The van der Waals surface area contributed by atoms with Gasteiger partial charge in [0.15, 0.2) is 0 Å². The summed E-state index contributed by atoms with van der Waals surface area (Å²) in [5.41, 5.74) is 0.234. The summed E-state index contributed by atoms with van der Waals surface area (Å²) in [5.74, 6) is 1.70. The van der Waals surface area contributed by atoms with Gasteiger partial charge in [-0.2, -0.15) is 0 Å². The van der Waals surface area contributed by atoms with E-state index < -0.39 is 0 Å². The zero-order valence-electron chi connectivity index (χ0n) is 12.5. The molecular weight excluding hydrogens is 334 g/mol. The number of esters is 1. The smallest absolute Gasteiger partial charge is 0.306 e. The van der Waals surface area contributed by atoms with Crippen LogP contribution in [0.3, 0.4) is 0 Å². The molecule has 0 amide bonds. The Hall–Kier alpha value is -0.390. The number of rotatable bonds is 1. The summed E-state index contributed by atoms with van der Waals surface area (Å²) in [4.78, 5) is 13.6. The molecule has 5 heteroatoms. The van der Waals surface area contributed by atoms with Crippen LogP contribution in [0, 0.1) is 17.8 Å². The van der Waals surface area contributed by atoms with E-state index in [-0.39, 0.29) is 34.6 Å². The Kier molecular flexibility index (Phi) is 4.19. The zero-order valence-corrected chi connectivity index (χ0v) is 14.1. The van der Waals surface area contributed by atoms with Crippen LogP contribution in [0.5, 0.6) is 0 Å². The molecule has 0 aromatic carbocycles. The average Bonchev–Trinajstić information content (AvgIpc) is 2.86. The maximum atomic E-state index is 11.8. The first kappa shape index (κ1) is 15.5. The van der Waals surface area contributed by atoms with Gasteiger partial charge in [0.2, 0.25) is 0 Å². The molecule has 1 spiro atoms. The molecule has 0 radical (unpaired) electrons. The van der Waals surface area contributed by atoms with Gasteiger partial charge in [0.25, 0.3) is 0 Å². The zero-order chi connectivity index (χ0) is 13.7. The van der Waals surface area contributed by atoms with Crippen LogP contribution in [0.15, 0.2) is 12.2 Å². The number of halogens is 1. The summed E-state index contributed by atoms with van der Waals surface area (Å²) >= 11 is 0. The van der Waals surface area contributed by atoms with Crippen LogP contribution < -0.4 is 21.9 Å². The number of methoxy groups -OCH3 is 1. The van der Waals surface area contributed by atoms with E-state index in [1.807, 2.05) is 0 Å². The first-order valence-corrected chi connectivity index (χ1v) is 7.96. The van der Waals surface area contributed by atoms with E-state index in [1.165, 1.54) is 25.9 Å². The highest BCUT2D eigenvalue weighted by Gasteiger charge is 2.63. The van der Waals surface area contributed by atoms with Crippen molar-refractivity contribution in [3.63, 3.8) is 0 Å². The van der Waals surface area contributed by atoms with Gasteiger partial charge in [-0.3, -0.25) is 4.79 Å². The van der Waals surface area contributed by atoms with Crippen LogP contribution in [0.1, 0.15) is 25.7 Å². The monoisotopic (exact) mass is 357 g/mol. The highest BCUT2D eigenvalue weighted by Crippen LogP contribution is 2.47. The van der Waals surface area contributed by atoms with Gasteiger partial charge in [-0.1, -0.05) is 12.2 Å². The Bertz CT molecular complexity index is 455. The summed E-state index contributed by atoms with van der Waals surface area (Å²) in [5, 5.41) is 0. The lowest BCUT2D eigenvalue weighted by Gasteiger charge is -2.53. The van der Waals surface area contributed by atoms with Crippen molar-refractivity contribution in [2.45, 2.75) is 37.3 Å². The number of piperidine rings is 1. The molecule has 118 valence electrons. The number of cyclic esters (lactones) is 1. The number of nitrogens with one attached hydrogen (secondary N) is 1. The molecular formula is C16H24BrNO3. The third-order valence-corrected chi connectivity index (χ3v) is 6.37. The van der Waals surface area contributed by atoms with E-state index in [4.69, 9.17) is 9.47 Å². The fraction of sp³-hybridized carbons (Fsp3) is 0.812. The lowest BCUT2D eigenvalue weighted by molar-refractivity contribution is -0.954. The van der Waals surface area contributed by atoms with Crippen LogP contribution in [0.4, 0.5) is 0 Å². The Labute approximate surface area is 136 Å². The molecule has 6 atom stereocenters. The second-order valence-corrected chi connectivity index (χ2v) is 6.94. The van der Waals surface area contributed by atoms with Gasteiger partial charge >= 0.3 is 5.97 Å². The standard InChI is InChI=1S/C16H23NO3.BrH/c1-19-13-3-2-12-5-7-17-6-4-11-10-20-15(18)8-14(11)16(12,17)9-13;/h2-3,11-14H,4-10H2,1H3;1H/t11?,12?,13-,14-,16-;/m0./s1. The minimum atomic E-state index is 0. The molecule has 1 aliphatic carbocycles. The Morgan fingerprint density at radius 1 is 1.33 bits per heavy atom. The van der Waals surface area contributed by atoms with Crippen molar-refractivity contribution >= 4 is 5.97 Å². The maximum Gasteiger partial charge on any atom is 0.306 e. The number of hydrogen-bond acceptors (Lipinski definition) is 3. The van der Waals surface area contributed by atoms with Crippen molar-refractivity contribution in [1.29, 1.82) is 0 Å². The van der Waals surface area contributed by atoms with Crippen molar-refractivity contribution in [3.8, 4) is 0 Å². The highest BCUT2D eigenvalue weighted by molar-refractivity contribution is 5.70. The second-order valence-electron chi connectivity index (χ2n) is 6.94. The lowest BCUT2D eigenvalue weighted by Crippen LogP contribution is -3.21. The number of ether oxygens (including phenoxy) is 2. The molecule has 4 rings (SSSR count). The normalized spacial score (nSPS) is 47.7. The van der Waals surface area contributed by atoms with Crippen LogP contribution in [0.2, 0.25) is 0 Å². The molecule has 3 heterocycles. The number of carbonyl (C=O) groups excluding carboxylic acids is 1. The number of carbonyl (C=O) groups is 1. The van der Waals surface area contributed by atoms with Crippen LogP contribution >= 0.6 is 0 Å². The number of quaternary nitrogens is 1. The molecule has 3 aliphatic heterocycles. The van der Waals surface area contributed by atoms with E-state index >= 15 is 0 Å². The first-order chi connectivity index (χ1) is 9.74. The second kappa shape index (κ2) is 5.67. The van der Waals surface area contributed by atoms with E-state index in [1.54, 1.807) is 12.0 Å². The fourth-order valence-corrected chi connectivity index (χ4v) is 5.48. The molecule has 3 fully saturated rings. The summed E-state index contributed by atoms with van der Waals surface area (Å²) in [6, 6.07) is 0. The minimum absolute atomic E-state index is 0. The van der Waals surface area contributed by atoms with Gasteiger partial charge in [-0.25, -0.2) is 0 Å². The Balaban J connectivity index is 0.00000132. The summed E-state index contributed by atoms with van der Waals surface area (Å²) in [6.45, 7) is 3.13. The third-order valence-electron chi connectivity index (χ3n) is 6.37. The summed E-state index contributed by atoms with van der Waals surface area (Å²) in [6.07, 6.45) is 9.01. The van der Waals surface area contributed by atoms with Gasteiger partial charge < -0.3 is 31.4 Å². The third kappa shape index (κ3) is 2.20. The molecule has 0 saturated carbocycles. The van der Waals surface area contributed by atoms with Crippen LogP contribution in [0.25, 0.3) is 0 Å². The van der Waals surface area contributed by atoms with Crippen LogP contribution in [-0.4, -0.2) is 44.4 Å². The Morgan fingerprint density at radius 2 is 2.14 bits per heavy atom. The van der Waals surface area contributed by atoms with Crippen LogP contribution in [-0.2, 0) is 14.3 Å². The maximum absolute atomic E-state index is 11.8. The van der Waals surface area contributed by atoms with E-state index in [0.29, 0.717) is 30.8 Å². The minimum Gasteiger partial charge on any atom is -1.00 e. The SMILES string of the molecule is CO[C@H]1C=CC2CC[NH+]3CCC4COC(=O)C[C@@H]4[C@]23C1.[Br-]. The van der Waals surface area contributed by atoms with Crippen molar-refractivity contribution in [2.75, 3.05) is 26.8 Å². The molecule has 21 heavy (non-hydrogen) atoms. The number of fused-ring (bicyclic) bond motifs is 1. The van der Waals surface area contributed by atoms with Gasteiger partial charge in [-0.15, -0.1) is 0 Å². The average molecular weight is 358 g/mol. The van der Waals surface area contributed by atoms with E-state index in [9.17, 15) is 4.79 Å². The summed E-state index contributed by atoms with van der Waals surface area (Å²) in [7, 11) is 1.80. The largest absolute Gasteiger partial charge is 1.00 e. The predicted molar refractivity (Wildman–Crippen MR) is 73.3 cm³/mol. The van der Waals surface area contributed by atoms with Gasteiger partial charge in [0.05, 0.1) is 32.2 Å². The highest BCUT2D eigenvalue weighted by atomic mass is 79.9. The van der Waals surface area contributed by atoms with E-state index in [2.05, 4.69) is 12.2 Å². The lowest BCUT2D eigenvalue weighted by atomic mass is 9.60. The van der Waals surface area contributed by atoms with Crippen molar-refractivity contribution < 1.29 is 36.1 Å².